The van der Waals surface area contributed by atoms with Crippen molar-refractivity contribution in [2.24, 2.45) is 0 Å². The quantitative estimate of drug-likeness (QED) is 0.596. The lowest BCUT2D eigenvalue weighted by Gasteiger charge is -2.07. The number of aliphatic carboxylic acids is 2. The van der Waals surface area contributed by atoms with Crippen molar-refractivity contribution in [2.45, 2.75) is 0 Å². The number of anilines is 1. The monoisotopic (exact) mass is 263 g/mol. The highest BCUT2D eigenvalue weighted by Gasteiger charge is 1.99. The molecular weight excluding hydrogens is 254 g/mol. The van der Waals surface area contributed by atoms with Crippen LogP contribution < -0.4 is 20.3 Å². The predicted octanol–water partition coefficient (Wildman–Crippen LogP) is -1.94. The summed E-state index contributed by atoms with van der Waals surface area (Å²) in [7, 11) is 0. The van der Waals surface area contributed by atoms with Gasteiger partial charge in [0.05, 0.1) is 11.9 Å². The lowest BCUT2D eigenvalue weighted by Crippen LogP contribution is -2.28. The van der Waals surface area contributed by atoms with E-state index in [2.05, 4.69) is 5.32 Å². The van der Waals surface area contributed by atoms with E-state index >= 15 is 0 Å². The molecule has 100 valence electrons. The van der Waals surface area contributed by atoms with E-state index in [-0.39, 0.29) is 0 Å². The molecule has 0 aliphatic carbocycles. The molecule has 19 heavy (non-hydrogen) atoms. The van der Waals surface area contributed by atoms with E-state index in [4.69, 9.17) is 4.74 Å². The van der Waals surface area contributed by atoms with Crippen molar-refractivity contribution >= 4 is 23.5 Å². The molecule has 0 radical (unpaired) electrons. The molecule has 1 aromatic rings. The van der Waals surface area contributed by atoms with Crippen LogP contribution >= 0.6 is 0 Å². The number of nitrogens with one attached hydrogen (secondary N) is 1. The van der Waals surface area contributed by atoms with Gasteiger partial charge in [-0.2, -0.15) is 0 Å². The van der Waals surface area contributed by atoms with Crippen LogP contribution in [-0.4, -0.2) is 24.5 Å². The Kier molecular flexibility index (Phi) is 5.09. The summed E-state index contributed by atoms with van der Waals surface area (Å²) >= 11 is 0. The van der Waals surface area contributed by atoms with E-state index < -0.39 is 24.5 Å². The van der Waals surface area contributed by atoms with Crippen molar-refractivity contribution in [1.82, 2.24) is 0 Å². The molecular formula is C12H9NO6-2. The molecule has 7 nitrogen and oxygen atoms in total. The van der Waals surface area contributed by atoms with Crippen molar-refractivity contribution in [3.63, 3.8) is 0 Å². The van der Waals surface area contributed by atoms with Crippen LogP contribution in [0.4, 0.5) is 5.69 Å². The number of hydrogen-bond acceptors (Lipinski definition) is 6. The van der Waals surface area contributed by atoms with Gasteiger partial charge in [0.2, 0.25) is 5.91 Å². The zero-order valence-electron chi connectivity index (χ0n) is 9.62. The molecule has 0 aliphatic rings. The predicted molar refractivity (Wildman–Crippen MR) is 59.7 cm³/mol. The Hall–Kier alpha value is -2.83. The summed E-state index contributed by atoms with van der Waals surface area (Å²) in [4.78, 5) is 31.4. The van der Waals surface area contributed by atoms with Gasteiger partial charge in [-0.25, -0.2) is 0 Å². The van der Waals surface area contributed by atoms with Gasteiger partial charge in [0, 0.05) is 11.8 Å². The van der Waals surface area contributed by atoms with Crippen molar-refractivity contribution in [1.29, 1.82) is 0 Å². The average molecular weight is 263 g/mol. The minimum absolute atomic E-state index is 0.299. The van der Waals surface area contributed by atoms with Crippen LogP contribution in [0.15, 0.2) is 36.4 Å². The fourth-order valence-corrected chi connectivity index (χ4v) is 1.10. The first kappa shape index (κ1) is 14.2. The summed E-state index contributed by atoms with van der Waals surface area (Å²) in [6, 6.07) is 5.83. The second kappa shape index (κ2) is 6.80. The summed E-state index contributed by atoms with van der Waals surface area (Å²) < 4.78 is 4.83. The molecule has 0 aliphatic heterocycles. The molecule has 0 heterocycles. The largest absolute Gasteiger partial charge is 0.546 e. The highest BCUT2D eigenvalue weighted by Crippen LogP contribution is 2.15. The van der Waals surface area contributed by atoms with Gasteiger partial charge in [-0.15, -0.1) is 0 Å². The number of ether oxygens (including phenoxy) is 1. The lowest BCUT2D eigenvalue weighted by molar-refractivity contribution is -0.307. The summed E-state index contributed by atoms with van der Waals surface area (Å²) in [5.74, 6) is -3.15. The number of carbonyl (C=O) groups excluding carboxylic acids is 3. The SMILES string of the molecule is O=C([O-])/C=C\C(=O)Nc1ccc(OCC(=O)[O-])cc1. The lowest BCUT2D eigenvalue weighted by atomic mass is 10.3. The average Bonchev–Trinajstić information content (AvgIpc) is 2.35. The Labute approximate surface area is 108 Å². The van der Waals surface area contributed by atoms with E-state index in [1.165, 1.54) is 24.3 Å². The van der Waals surface area contributed by atoms with Gasteiger partial charge in [-0.05, 0) is 30.3 Å². The Morgan fingerprint density at radius 3 is 2.26 bits per heavy atom. The van der Waals surface area contributed by atoms with Crippen LogP contribution in [0.3, 0.4) is 0 Å². The third-order valence-corrected chi connectivity index (χ3v) is 1.85. The highest BCUT2D eigenvalue weighted by atomic mass is 16.5. The van der Waals surface area contributed by atoms with Gasteiger partial charge in [0.25, 0.3) is 0 Å². The van der Waals surface area contributed by atoms with Crippen LogP contribution in [0.2, 0.25) is 0 Å². The molecule has 7 heteroatoms. The first-order chi connectivity index (χ1) is 8.97. The molecule has 0 aromatic heterocycles. The minimum Gasteiger partial charge on any atom is -0.546 e. The molecule has 1 N–H and O–H groups in total. The summed E-state index contributed by atoms with van der Waals surface area (Å²) in [6.07, 6.45) is 1.42. The molecule has 0 atom stereocenters. The summed E-state index contributed by atoms with van der Waals surface area (Å²) in [6.45, 7) is -0.569. The van der Waals surface area contributed by atoms with Gasteiger partial charge in [-0.3, -0.25) is 4.79 Å². The smallest absolute Gasteiger partial charge is 0.248 e. The Morgan fingerprint density at radius 2 is 1.74 bits per heavy atom. The zero-order chi connectivity index (χ0) is 14.3. The van der Waals surface area contributed by atoms with E-state index in [9.17, 15) is 24.6 Å². The number of hydrogen-bond donors (Lipinski definition) is 1. The second-order valence-electron chi connectivity index (χ2n) is 3.33. The normalized spacial score (nSPS) is 10.1. The van der Waals surface area contributed by atoms with Gasteiger partial charge in [-0.1, -0.05) is 0 Å². The molecule has 0 bridgehead atoms. The number of amides is 1. The number of carboxylic acid groups (broad SMARTS) is 2. The Balaban J connectivity index is 2.54. The van der Waals surface area contributed by atoms with Crippen LogP contribution in [0, 0.1) is 0 Å². The van der Waals surface area contributed by atoms with Crippen LogP contribution in [-0.2, 0) is 14.4 Å². The van der Waals surface area contributed by atoms with E-state index in [1.54, 1.807) is 0 Å². The standard InChI is InChI=1S/C12H11NO6/c14-10(5-6-11(15)16)13-8-1-3-9(4-2-8)19-7-12(17)18/h1-6H,7H2,(H,13,14)(H,15,16)(H,17,18)/p-2/b6-5-. The maximum Gasteiger partial charge on any atom is 0.248 e. The number of benzene rings is 1. The van der Waals surface area contributed by atoms with Gasteiger partial charge < -0.3 is 29.9 Å². The summed E-state index contributed by atoms with van der Waals surface area (Å²) in [5.41, 5.74) is 0.397. The molecule has 1 rings (SSSR count). The topological polar surface area (TPSA) is 119 Å². The molecule has 1 amide bonds. The minimum atomic E-state index is -1.47. The van der Waals surface area contributed by atoms with E-state index in [0.29, 0.717) is 17.5 Å². The Morgan fingerprint density at radius 1 is 1.11 bits per heavy atom. The van der Waals surface area contributed by atoms with Crippen molar-refractivity contribution in [3.05, 3.63) is 36.4 Å². The fraction of sp³-hybridized carbons (Fsp3) is 0.0833. The second-order valence-corrected chi connectivity index (χ2v) is 3.33. The van der Waals surface area contributed by atoms with Crippen molar-refractivity contribution < 1.29 is 29.3 Å². The third-order valence-electron chi connectivity index (χ3n) is 1.85. The third kappa shape index (κ3) is 5.87. The van der Waals surface area contributed by atoms with Gasteiger partial charge >= 0.3 is 0 Å². The molecule has 0 saturated heterocycles. The molecule has 1 aromatic carbocycles. The number of rotatable bonds is 6. The van der Waals surface area contributed by atoms with Crippen LogP contribution in [0.5, 0.6) is 5.75 Å². The number of carboxylic acids is 2. The summed E-state index contributed by atoms with van der Waals surface area (Å²) in [5, 5.41) is 22.6. The fourth-order valence-electron chi connectivity index (χ4n) is 1.10. The molecule has 0 spiro atoms. The first-order valence-corrected chi connectivity index (χ1v) is 5.10. The van der Waals surface area contributed by atoms with Crippen LogP contribution in [0.1, 0.15) is 0 Å². The van der Waals surface area contributed by atoms with Crippen LogP contribution in [0.25, 0.3) is 0 Å². The van der Waals surface area contributed by atoms with Crippen molar-refractivity contribution in [3.8, 4) is 5.75 Å². The van der Waals surface area contributed by atoms with Gasteiger partial charge in [0.1, 0.15) is 12.4 Å². The van der Waals surface area contributed by atoms with E-state index in [0.717, 1.165) is 6.08 Å². The number of carbonyl (C=O) groups is 3. The first-order valence-electron chi connectivity index (χ1n) is 5.10. The highest BCUT2D eigenvalue weighted by molar-refractivity contribution is 6.02. The Bertz CT molecular complexity index is 505. The van der Waals surface area contributed by atoms with Crippen molar-refractivity contribution in [2.75, 3.05) is 11.9 Å². The van der Waals surface area contributed by atoms with Gasteiger partial charge in [0.15, 0.2) is 0 Å². The molecule has 0 saturated carbocycles. The zero-order valence-corrected chi connectivity index (χ0v) is 9.62. The maximum absolute atomic E-state index is 11.2. The maximum atomic E-state index is 11.2. The molecule has 0 fully saturated rings. The molecule has 0 unspecified atom stereocenters. The van der Waals surface area contributed by atoms with E-state index in [1.807, 2.05) is 0 Å².